The number of nitrogens with zero attached hydrogens (tertiary/aromatic N) is 1. The van der Waals surface area contributed by atoms with E-state index in [1.807, 2.05) is 12.1 Å². The maximum atomic E-state index is 6.09. The van der Waals surface area contributed by atoms with Gasteiger partial charge in [0.2, 0.25) is 0 Å². The highest BCUT2D eigenvalue weighted by Gasteiger charge is 2.10. The molecule has 2 rings (SSSR count). The molecule has 16 heavy (non-hydrogen) atoms. The molecule has 1 aromatic carbocycles. The van der Waals surface area contributed by atoms with Crippen LogP contribution in [0.3, 0.4) is 0 Å². The summed E-state index contributed by atoms with van der Waals surface area (Å²) in [6, 6.07) is 6.00. The maximum absolute atomic E-state index is 6.09. The molecule has 3 nitrogen and oxygen atoms in total. The second kappa shape index (κ2) is 5.53. The highest BCUT2D eigenvalue weighted by atomic mass is 35.5. The molecule has 4 heteroatoms. The van der Waals surface area contributed by atoms with Crippen LogP contribution in [0, 0.1) is 0 Å². The quantitative estimate of drug-likeness (QED) is 0.872. The molecule has 1 N–H and O–H groups in total. The number of hydrogen-bond donors (Lipinski definition) is 1. The Labute approximate surface area is 101 Å². The van der Waals surface area contributed by atoms with Gasteiger partial charge in [0.1, 0.15) is 5.75 Å². The summed E-state index contributed by atoms with van der Waals surface area (Å²) in [5.41, 5.74) is 1.24. The number of rotatable bonds is 3. The molecule has 0 amide bonds. The van der Waals surface area contributed by atoms with Crippen molar-refractivity contribution in [2.24, 2.45) is 0 Å². The second-order valence-corrected chi connectivity index (χ2v) is 4.40. The van der Waals surface area contributed by atoms with Crippen LogP contribution in [0.4, 0.5) is 0 Å². The standard InChI is InChI=1S/C12H17ClN2O/c1-16-12-3-2-10(8-11(12)13)9-15-6-4-14-5-7-15/h2-3,8,14H,4-7,9H2,1H3. The van der Waals surface area contributed by atoms with Crippen molar-refractivity contribution in [3.63, 3.8) is 0 Å². The van der Waals surface area contributed by atoms with Crippen molar-refractivity contribution in [3.8, 4) is 5.75 Å². The SMILES string of the molecule is COc1ccc(CN2CCNCC2)cc1Cl. The Morgan fingerprint density at radius 2 is 2.12 bits per heavy atom. The van der Waals surface area contributed by atoms with E-state index in [-0.39, 0.29) is 0 Å². The van der Waals surface area contributed by atoms with Gasteiger partial charge in [0.15, 0.2) is 0 Å². The van der Waals surface area contributed by atoms with Gasteiger partial charge in [0.05, 0.1) is 12.1 Å². The zero-order valence-corrected chi connectivity index (χ0v) is 10.3. The summed E-state index contributed by atoms with van der Waals surface area (Å²) in [6.07, 6.45) is 0. The Hall–Kier alpha value is -0.770. The molecule has 0 atom stereocenters. The lowest BCUT2D eigenvalue weighted by molar-refractivity contribution is 0.233. The molecule has 0 aromatic heterocycles. The fourth-order valence-electron chi connectivity index (χ4n) is 1.94. The van der Waals surface area contributed by atoms with E-state index in [1.165, 1.54) is 5.56 Å². The third-order valence-corrected chi connectivity index (χ3v) is 3.13. The molecule has 1 saturated heterocycles. The lowest BCUT2D eigenvalue weighted by atomic mass is 10.2. The number of methoxy groups -OCH3 is 1. The molecule has 1 aliphatic heterocycles. The zero-order valence-electron chi connectivity index (χ0n) is 9.50. The molecular formula is C12H17ClN2O. The zero-order chi connectivity index (χ0) is 11.4. The smallest absolute Gasteiger partial charge is 0.137 e. The minimum Gasteiger partial charge on any atom is -0.495 e. The number of nitrogens with one attached hydrogen (secondary N) is 1. The lowest BCUT2D eigenvalue weighted by Gasteiger charge is -2.27. The summed E-state index contributed by atoms with van der Waals surface area (Å²) in [5.74, 6) is 0.741. The summed E-state index contributed by atoms with van der Waals surface area (Å²) >= 11 is 6.09. The normalized spacial score (nSPS) is 17.4. The topological polar surface area (TPSA) is 24.5 Å². The molecule has 0 radical (unpaired) electrons. The van der Waals surface area contributed by atoms with E-state index in [4.69, 9.17) is 16.3 Å². The van der Waals surface area contributed by atoms with E-state index in [9.17, 15) is 0 Å². The van der Waals surface area contributed by atoms with Crippen molar-refractivity contribution in [3.05, 3.63) is 28.8 Å². The van der Waals surface area contributed by atoms with E-state index >= 15 is 0 Å². The van der Waals surface area contributed by atoms with E-state index in [0.29, 0.717) is 5.02 Å². The first-order valence-electron chi connectivity index (χ1n) is 5.55. The molecule has 0 saturated carbocycles. The number of benzene rings is 1. The number of piperazine rings is 1. The van der Waals surface area contributed by atoms with Gasteiger partial charge in [-0.2, -0.15) is 0 Å². The number of halogens is 1. The summed E-state index contributed by atoms with van der Waals surface area (Å²) in [6.45, 7) is 5.31. The van der Waals surface area contributed by atoms with E-state index in [2.05, 4.69) is 16.3 Å². The van der Waals surface area contributed by atoms with Gasteiger partial charge >= 0.3 is 0 Å². The molecule has 88 valence electrons. The average molecular weight is 241 g/mol. The number of ether oxygens (including phenoxy) is 1. The van der Waals surface area contributed by atoms with Gasteiger partial charge in [-0.1, -0.05) is 17.7 Å². The van der Waals surface area contributed by atoms with Crippen molar-refractivity contribution in [1.29, 1.82) is 0 Å². The summed E-state index contributed by atoms with van der Waals surface area (Å²) in [7, 11) is 1.64. The summed E-state index contributed by atoms with van der Waals surface area (Å²) in [5, 5.41) is 4.03. The van der Waals surface area contributed by atoms with Gasteiger partial charge in [0.25, 0.3) is 0 Å². The van der Waals surface area contributed by atoms with Crippen molar-refractivity contribution in [1.82, 2.24) is 10.2 Å². The Morgan fingerprint density at radius 3 is 2.75 bits per heavy atom. The molecule has 1 heterocycles. The van der Waals surface area contributed by atoms with Crippen molar-refractivity contribution >= 4 is 11.6 Å². The predicted molar refractivity (Wildman–Crippen MR) is 66.2 cm³/mol. The Kier molecular flexibility index (Phi) is 4.04. The highest BCUT2D eigenvalue weighted by Crippen LogP contribution is 2.25. The summed E-state index contributed by atoms with van der Waals surface area (Å²) < 4.78 is 5.13. The Balaban J connectivity index is 2.01. The van der Waals surface area contributed by atoms with Crippen LogP contribution in [0.1, 0.15) is 5.56 Å². The van der Waals surface area contributed by atoms with E-state index in [1.54, 1.807) is 7.11 Å². The highest BCUT2D eigenvalue weighted by molar-refractivity contribution is 6.32. The van der Waals surface area contributed by atoms with Crippen LogP contribution in [0.15, 0.2) is 18.2 Å². The minimum atomic E-state index is 0.690. The largest absolute Gasteiger partial charge is 0.495 e. The van der Waals surface area contributed by atoms with E-state index in [0.717, 1.165) is 38.5 Å². The molecule has 1 aliphatic rings. The van der Waals surface area contributed by atoms with Gasteiger partial charge < -0.3 is 10.1 Å². The monoisotopic (exact) mass is 240 g/mol. The fourth-order valence-corrected chi connectivity index (χ4v) is 2.22. The van der Waals surface area contributed by atoms with E-state index < -0.39 is 0 Å². The van der Waals surface area contributed by atoms with Gasteiger partial charge in [-0.25, -0.2) is 0 Å². The maximum Gasteiger partial charge on any atom is 0.137 e. The van der Waals surface area contributed by atoms with Crippen LogP contribution >= 0.6 is 11.6 Å². The lowest BCUT2D eigenvalue weighted by Crippen LogP contribution is -2.42. The Morgan fingerprint density at radius 1 is 1.38 bits per heavy atom. The molecule has 1 fully saturated rings. The summed E-state index contributed by atoms with van der Waals surface area (Å²) in [4.78, 5) is 2.43. The second-order valence-electron chi connectivity index (χ2n) is 4.00. The molecule has 1 aromatic rings. The average Bonchev–Trinajstić information content (AvgIpc) is 2.31. The molecular weight excluding hydrogens is 224 g/mol. The molecule has 0 aliphatic carbocycles. The fraction of sp³-hybridized carbons (Fsp3) is 0.500. The van der Waals surface area contributed by atoms with Gasteiger partial charge in [0, 0.05) is 32.7 Å². The number of hydrogen-bond acceptors (Lipinski definition) is 3. The first kappa shape index (κ1) is 11.7. The third-order valence-electron chi connectivity index (χ3n) is 2.83. The van der Waals surface area contributed by atoms with Gasteiger partial charge in [-0.3, -0.25) is 4.90 Å². The van der Waals surface area contributed by atoms with Crippen LogP contribution in [-0.2, 0) is 6.54 Å². The van der Waals surface area contributed by atoms with Crippen LogP contribution in [0.25, 0.3) is 0 Å². The third kappa shape index (κ3) is 2.88. The first-order chi connectivity index (χ1) is 7.79. The predicted octanol–water partition coefficient (Wildman–Crippen LogP) is 1.75. The van der Waals surface area contributed by atoms with Crippen LogP contribution < -0.4 is 10.1 Å². The van der Waals surface area contributed by atoms with Crippen LogP contribution in [0.5, 0.6) is 5.75 Å². The van der Waals surface area contributed by atoms with Crippen LogP contribution in [-0.4, -0.2) is 38.2 Å². The van der Waals surface area contributed by atoms with Gasteiger partial charge in [-0.15, -0.1) is 0 Å². The molecule has 0 spiro atoms. The van der Waals surface area contributed by atoms with Crippen LogP contribution in [0.2, 0.25) is 5.02 Å². The van der Waals surface area contributed by atoms with Crippen molar-refractivity contribution in [2.75, 3.05) is 33.3 Å². The molecule has 0 bridgehead atoms. The molecule has 0 unspecified atom stereocenters. The Bertz CT molecular complexity index is 351. The minimum absolute atomic E-state index is 0.690. The van der Waals surface area contributed by atoms with Crippen molar-refractivity contribution < 1.29 is 4.74 Å². The first-order valence-corrected chi connectivity index (χ1v) is 5.93. The van der Waals surface area contributed by atoms with Gasteiger partial charge in [-0.05, 0) is 17.7 Å². The van der Waals surface area contributed by atoms with Crippen molar-refractivity contribution in [2.45, 2.75) is 6.54 Å².